The van der Waals surface area contributed by atoms with E-state index in [0.717, 1.165) is 66.5 Å². The molecule has 6 nitrogen and oxygen atoms in total. The molecule has 0 N–H and O–H groups in total. The molecule has 0 aromatic heterocycles. The molecule has 0 aliphatic carbocycles. The standard InChI is InChI=1S/C52H46B2N4O2/c1-57(2)47-31-27-45(28-32-47)55-37-39-25-35-50-49(51(39)59-53(41-17-9-5-10-18-41)42-19-11-6-12-20-42)36-26-40(38-56-46-29-33-48(34-30-46)58(3)4)52(50)60-54(43-21-13-7-14-22-43)44-23-15-8-16-24-44/h5-38H,1-4H3. The molecule has 60 heavy (non-hydrogen) atoms. The highest BCUT2D eigenvalue weighted by molar-refractivity contribution is 6.81. The molecule has 8 rings (SSSR count). The van der Waals surface area contributed by atoms with Gasteiger partial charge in [-0.3, -0.25) is 9.98 Å². The lowest BCUT2D eigenvalue weighted by Crippen LogP contribution is -2.48. The second-order valence-electron chi connectivity index (χ2n) is 15.0. The van der Waals surface area contributed by atoms with Gasteiger partial charge in [-0.05, 0) is 94.6 Å². The van der Waals surface area contributed by atoms with Crippen LogP contribution in [0, 0.1) is 0 Å². The van der Waals surface area contributed by atoms with Gasteiger partial charge in [0.15, 0.2) is 0 Å². The molecule has 0 unspecified atom stereocenters. The third kappa shape index (κ3) is 9.19. The molecular formula is C52H46B2N4O2. The van der Waals surface area contributed by atoms with Crippen LogP contribution in [0.1, 0.15) is 11.1 Å². The Morgan fingerprint density at radius 3 is 0.950 bits per heavy atom. The van der Waals surface area contributed by atoms with Gasteiger partial charge in [0, 0.05) is 73.9 Å². The number of aliphatic imine (C=N–C) groups is 2. The number of hydrogen-bond donors (Lipinski definition) is 0. The first-order valence-electron chi connectivity index (χ1n) is 20.2. The summed E-state index contributed by atoms with van der Waals surface area (Å²) in [5.41, 5.74) is 9.74. The Labute approximate surface area is 354 Å². The van der Waals surface area contributed by atoms with Crippen molar-refractivity contribution in [3.05, 3.63) is 205 Å². The Bertz CT molecular complexity index is 2420. The number of nitrogens with zero attached hydrogens (tertiary/aromatic N) is 4. The van der Waals surface area contributed by atoms with Crippen LogP contribution in [0.4, 0.5) is 22.7 Å². The average Bonchev–Trinajstić information content (AvgIpc) is 3.30. The van der Waals surface area contributed by atoms with Crippen molar-refractivity contribution < 1.29 is 9.31 Å². The summed E-state index contributed by atoms with van der Waals surface area (Å²) in [5.74, 6) is 1.39. The van der Waals surface area contributed by atoms with Crippen molar-refractivity contribution in [2.45, 2.75) is 0 Å². The normalized spacial score (nSPS) is 11.2. The topological polar surface area (TPSA) is 49.7 Å². The number of rotatable bonds is 14. The van der Waals surface area contributed by atoms with Crippen LogP contribution in [0.25, 0.3) is 10.8 Å². The smallest absolute Gasteiger partial charge is 0.426 e. The highest BCUT2D eigenvalue weighted by atomic mass is 16.4. The maximum absolute atomic E-state index is 7.31. The highest BCUT2D eigenvalue weighted by Gasteiger charge is 2.28. The quantitative estimate of drug-likeness (QED) is 0.0818. The average molecular weight is 781 g/mol. The van der Waals surface area contributed by atoms with Gasteiger partial charge in [-0.1, -0.05) is 121 Å². The van der Waals surface area contributed by atoms with Gasteiger partial charge >= 0.3 is 13.8 Å². The maximum Gasteiger partial charge on any atom is 0.426 e. The van der Waals surface area contributed by atoms with Gasteiger partial charge in [-0.2, -0.15) is 0 Å². The number of hydrogen-bond acceptors (Lipinski definition) is 6. The third-order valence-corrected chi connectivity index (χ3v) is 10.5. The molecular weight excluding hydrogens is 734 g/mol. The first kappa shape index (κ1) is 39.5. The van der Waals surface area contributed by atoms with Crippen molar-refractivity contribution in [1.29, 1.82) is 0 Å². The second-order valence-corrected chi connectivity index (χ2v) is 15.0. The van der Waals surface area contributed by atoms with E-state index in [4.69, 9.17) is 19.3 Å². The fourth-order valence-corrected chi connectivity index (χ4v) is 7.22. The van der Waals surface area contributed by atoms with Crippen molar-refractivity contribution in [2.24, 2.45) is 9.98 Å². The molecule has 0 fully saturated rings. The molecule has 0 amide bonds. The summed E-state index contributed by atoms with van der Waals surface area (Å²) in [5, 5.41) is 1.78. The van der Waals surface area contributed by atoms with Crippen LogP contribution >= 0.6 is 0 Å². The Morgan fingerprint density at radius 2 is 0.667 bits per heavy atom. The van der Waals surface area contributed by atoms with Crippen molar-refractivity contribution in [3.8, 4) is 11.5 Å². The molecule has 0 aliphatic rings. The monoisotopic (exact) mass is 780 g/mol. The summed E-state index contributed by atoms with van der Waals surface area (Å²) >= 11 is 0. The molecule has 8 heteroatoms. The van der Waals surface area contributed by atoms with Gasteiger partial charge in [0.25, 0.3) is 0 Å². The van der Waals surface area contributed by atoms with Gasteiger partial charge in [0.1, 0.15) is 11.5 Å². The van der Waals surface area contributed by atoms with Gasteiger partial charge in [-0.15, -0.1) is 0 Å². The van der Waals surface area contributed by atoms with Crippen LogP contribution < -0.4 is 41.0 Å². The summed E-state index contributed by atoms with van der Waals surface area (Å²) in [6, 6.07) is 66.2. The molecule has 0 radical (unpaired) electrons. The van der Waals surface area contributed by atoms with Crippen molar-refractivity contribution >= 4 is 81.6 Å². The lowest BCUT2D eigenvalue weighted by molar-refractivity contribution is 0.591. The molecule has 0 saturated heterocycles. The zero-order valence-corrected chi connectivity index (χ0v) is 34.4. The minimum absolute atomic E-state index is 0.401. The van der Waals surface area contributed by atoms with E-state index in [1.54, 1.807) is 0 Å². The Hall–Kier alpha value is -7.31. The van der Waals surface area contributed by atoms with Gasteiger partial charge < -0.3 is 19.1 Å². The molecule has 8 aromatic rings. The van der Waals surface area contributed by atoms with E-state index in [-0.39, 0.29) is 0 Å². The number of fused-ring (bicyclic) bond motifs is 1. The first-order valence-corrected chi connectivity index (χ1v) is 20.2. The maximum atomic E-state index is 7.31. The first-order chi connectivity index (χ1) is 29.4. The van der Waals surface area contributed by atoms with E-state index < -0.39 is 13.8 Å². The summed E-state index contributed by atoms with van der Waals surface area (Å²) in [7, 11) is 8.14. The minimum Gasteiger partial charge on any atom is -0.550 e. The van der Waals surface area contributed by atoms with E-state index in [2.05, 4.69) is 155 Å². The summed E-state index contributed by atoms with van der Waals surface area (Å²) in [4.78, 5) is 14.1. The van der Waals surface area contributed by atoms with E-state index in [0.29, 0.717) is 11.5 Å². The van der Waals surface area contributed by atoms with Crippen LogP contribution in [-0.4, -0.2) is 54.5 Å². The lowest BCUT2D eigenvalue weighted by atomic mass is 9.55. The molecule has 292 valence electrons. The van der Waals surface area contributed by atoms with Gasteiger partial charge in [0.2, 0.25) is 0 Å². The summed E-state index contributed by atoms with van der Waals surface area (Å²) in [6.07, 6.45) is 3.80. The fraction of sp³-hybridized carbons (Fsp3) is 0.0769. The van der Waals surface area contributed by atoms with E-state index in [9.17, 15) is 0 Å². The van der Waals surface area contributed by atoms with Crippen molar-refractivity contribution in [3.63, 3.8) is 0 Å². The Morgan fingerprint density at radius 1 is 0.367 bits per heavy atom. The molecule has 0 heterocycles. The third-order valence-electron chi connectivity index (χ3n) is 10.5. The van der Waals surface area contributed by atoms with Crippen LogP contribution in [0.15, 0.2) is 204 Å². The molecule has 8 aromatic carbocycles. The fourth-order valence-electron chi connectivity index (χ4n) is 7.22. The van der Waals surface area contributed by atoms with Crippen LogP contribution in [0.5, 0.6) is 11.5 Å². The zero-order valence-electron chi connectivity index (χ0n) is 34.4. The Kier molecular flexibility index (Phi) is 12.2. The van der Waals surface area contributed by atoms with Gasteiger partial charge in [0.05, 0.1) is 11.4 Å². The predicted molar refractivity (Wildman–Crippen MR) is 257 cm³/mol. The van der Waals surface area contributed by atoms with Crippen LogP contribution in [0.2, 0.25) is 0 Å². The molecule has 0 spiro atoms. The zero-order chi connectivity index (χ0) is 41.3. The van der Waals surface area contributed by atoms with Crippen molar-refractivity contribution in [1.82, 2.24) is 0 Å². The van der Waals surface area contributed by atoms with Crippen LogP contribution in [0.3, 0.4) is 0 Å². The Balaban J connectivity index is 1.32. The molecule has 0 aliphatic heterocycles. The summed E-state index contributed by atoms with van der Waals surface area (Å²) < 4.78 is 14.6. The van der Waals surface area contributed by atoms with E-state index >= 15 is 0 Å². The van der Waals surface area contributed by atoms with Crippen LogP contribution in [-0.2, 0) is 0 Å². The molecule has 0 atom stereocenters. The minimum atomic E-state index is -0.401. The predicted octanol–water partition coefficient (Wildman–Crippen LogP) is 8.84. The van der Waals surface area contributed by atoms with E-state index in [1.165, 1.54) is 0 Å². The van der Waals surface area contributed by atoms with Gasteiger partial charge in [-0.25, -0.2) is 0 Å². The molecule has 0 saturated carbocycles. The largest absolute Gasteiger partial charge is 0.550 e. The summed E-state index contributed by atoms with van der Waals surface area (Å²) in [6.45, 7) is -0.802. The highest BCUT2D eigenvalue weighted by Crippen LogP contribution is 2.38. The number of anilines is 2. The SMILES string of the molecule is CN(C)c1ccc(N=Cc2ccc3c(OB(c4ccccc4)c4ccccc4)c(C=Nc4ccc(N(C)C)cc4)ccc3c2OB(c2ccccc2)c2ccccc2)cc1. The van der Waals surface area contributed by atoms with Crippen molar-refractivity contribution in [2.75, 3.05) is 38.0 Å². The number of benzene rings is 8. The molecule has 0 bridgehead atoms. The van der Waals surface area contributed by atoms with E-state index in [1.807, 2.05) is 89.2 Å². The lowest BCUT2D eigenvalue weighted by Gasteiger charge is -2.23. The second kappa shape index (κ2) is 18.5.